The summed E-state index contributed by atoms with van der Waals surface area (Å²) in [4.78, 5) is 8.71. The van der Waals surface area contributed by atoms with Crippen molar-refractivity contribution in [2.75, 3.05) is 31.3 Å². The Hall–Kier alpha value is -1.72. The highest BCUT2D eigenvalue weighted by molar-refractivity contribution is 5.89. The van der Waals surface area contributed by atoms with E-state index in [1.165, 1.54) is 5.56 Å². The molecule has 0 atom stereocenters. The summed E-state index contributed by atoms with van der Waals surface area (Å²) in [5, 5.41) is 3.13. The third-order valence-electron chi connectivity index (χ3n) is 3.03. The Kier molecular flexibility index (Phi) is 3.08. The average Bonchev–Trinajstić information content (AvgIpc) is 2.67. The van der Waals surface area contributed by atoms with Gasteiger partial charge in [0.2, 0.25) is 0 Å². The van der Waals surface area contributed by atoms with Crippen LogP contribution in [-0.4, -0.2) is 36.3 Å². The van der Waals surface area contributed by atoms with Gasteiger partial charge in [-0.3, -0.25) is 5.01 Å². The first-order valence-corrected chi connectivity index (χ1v) is 6.15. The van der Waals surface area contributed by atoms with Crippen LogP contribution in [0, 0.1) is 6.92 Å². The van der Waals surface area contributed by atoms with Crippen molar-refractivity contribution in [2.45, 2.75) is 6.92 Å². The first-order valence-electron chi connectivity index (χ1n) is 6.15. The molecule has 2 heterocycles. The first kappa shape index (κ1) is 11.4. The minimum atomic E-state index is 0.713. The molecule has 3 rings (SSSR count). The molecule has 18 heavy (non-hydrogen) atoms. The molecular formula is C13H16N4O. The monoisotopic (exact) mass is 244 g/mol. The summed E-state index contributed by atoms with van der Waals surface area (Å²) < 4.78 is 5.43. The Morgan fingerprint density at radius 2 is 2.22 bits per heavy atom. The van der Waals surface area contributed by atoms with Crippen LogP contribution in [0.25, 0.3) is 10.9 Å². The van der Waals surface area contributed by atoms with Gasteiger partial charge < -0.3 is 4.74 Å². The summed E-state index contributed by atoms with van der Waals surface area (Å²) in [6.07, 6.45) is 1.61. The zero-order valence-electron chi connectivity index (χ0n) is 10.4. The largest absolute Gasteiger partial charge is 0.378 e. The molecule has 0 spiro atoms. The van der Waals surface area contributed by atoms with Crippen LogP contribution in [0.5, 0.6) is 0 Å². The molecule has 1 aromatic carbocycles. The Balaban J connectivity index is 2.06. The summed E-state index contributed by atoms with van der Waals surface area (Å²) >= 11 is 0. The smallest absolute Gasteiger partial charge is 0.154 e. The van der Waals surface area contributed by atoms with Crippen molar-refractivity contribution >= 4 is 16.7 Å². The van der Waals surface area contributed by atoms with Gasteiger partial charge in [-0.05, 0) is 19.1 Å². The number of nitrogens with one attached hydrogen (secondary N) is 1. The number of ether oxygens (including phenoxy) is 1. The molecule has 0 saturated carbocycles. The van der Waals surface area contributed by atoms with Gasteiger partial charge in [0.1, 0.15) is 6.33 Å². The lowest BCUT2D eigenvalue weighted by molar-refractivity contribution is 0.158. The lowest BCUT2D eigenvalue weighted by Gasteiger charge is -2.22. The SMILES string of the molecule is Cc1ccc2ncnc(N3CCOCCN3)c2c1. The number of anilines is 1. The number of fused-ring (bicyclic) bond motifs is 1. The molecule has 1 fully saturated rings. The molecule has 94 valence electrons. The minimum absolute atomic E-state index is 0.713. The van der Waals surface area contributed by atoms with Gasteiger partial charge >= 0.3 is 0 Å². The van der Waals surface area contributed by atoms with E-state index < -0.39 is 0 Å². The average molecular weight is 244 g/mol. The second-order valence-electron chi connectivity index (χ2n) is 4.39. The van der Waals surface area contributed by atoms with E-state index in [0.717, 1.165) is 36.4 Å². The predicted octanol–water partition coefficient (Wildman–Crippen LogP) is 1.28. The van der Waals surface area contributed by atoms with E-state index in [9.17, 15) is 0 Å². The predicted molar refractivity (Wildman–Crippen MR) is 70.4 cm³/mol. The number of hydrogen-bond donors (Lipinski definition) is 1. The van der Waals surface area contributed by atoms with Crippen LogP contribution in [0.15, 0.2) is 24.5 Å². The topological polar surface area (TPSA) is 50.3 Å². The summed E-state index contributed by atoms with van der Waals surface area (Å²) in [5.74, 6) is 0.925. The third-order valence-corrected chi connectivity index (χ3v) is 3.03. The molecule has 2 aromatic rings. The maximum Gasteiger partial charge on any atom is 0.154 e. The highest BCUT2D eigenvalue weighted by Crippen LogP contribution is 2.23. The molecule has 1 aromatic heterocycles. The number of hydrogen-bond acceptors (Lipinski definition) is 5. The summed E-state index contributed by atoms with van der Waals surface area (Å²) in [7, 11) is 0. The van der Waals surface area contributed by atoms with Gasteiger partial charge in [0.25, 0.3) is 0 Å². The zero-order chi connectivity index (χ0) is 12.4. The quantitative estimate of drug-likeness (QED) is 0.819. The summed E-state index contributed by atoms with van der Waals surface area (Å²) in [6, 6.07) is 6.22. The lowest BCUT2D eigenvalue weighted by atomic mass is 10.1. The van der Waals surface area contributed by atoms with Crippen LogP contribution in [0.4, 0.5) is 5.82 Å². The molecule has 1 N–H and O–H groups in total. The van der Waals surface area contributed by atoms with E-state index in [2.05, 4.69) is 39.5 Å². The highest BCUT2D eigenvalue weighted by Gasteiger charge is 2.14. The molecule has 0 bridgehead atoms. The van der Waals surface area contributed by atoms with E-state index >= 15 is 0 Å². The van der Waals surface area contributed by atoms with Gasteiger partial charge in [0, 0.05) is 11.9 Å². The van der Waals surface area contributed by atoms with Crippen LogP contribution in [0.3, 0.4) is 0 Å². The van der Waals surface area contributed by atoms with E-state index in [4.69, 9.17) is 4.74 Å². The van der Waals surface area contributed by atoms with E-state index in [-0.39, 0.29) is 0 Å². The fourth-order valence-electron chi connectivity index (χ4n) is 2.14. The third kappa shape index (κ3) is 2.14. The van der Waals surface area contributed by atoms with E-state index in [0.29, 0.717) is 6.61 Å². The molecule has 0 radical (unpaired) electrons. The molecule has 5 nitrogen and oxygen atoms in total. The Morgan fingerprint density at radius 3 is 3.17 bits per heavy atom. The lowest BCUT2D eigenvalue weighted by Crippen LogP contribution is -2.39. The number of hydrazine groups is 1. The second-order valence-corrected chi connectivity index (χ2v) is 4.39. The number of nitrogens with zero attached hydrogens (tertiary/aromatic N) is 3. The molecule has 1 aliphatic heterocycles. The van der Waals surface area contributed by atoms with Crippen LogP contribution in [0.2, 0.25) is 0 Å². The number of rotatable bonds is 1. The van der Waals surface area contributed by atoms with E-state index in [1.54, 1.807) is 6.33 Å². The molecule has 0 amide bonds. The second kappa shape index (κ2) is 4.88. The van der Waals surface area contributed by atoms with Gasteiger partial charge in [-0.15, -0.1) is 0 Å². The minimum Gasteiger partial charge on any atom is -0.378 e. The Morgan fingerprint density at radius 1 is 1.28 bits per heavy atom. The van der Waals surface area contributed by atoms with Crippen molar-refractivity contribution in [3.8, 4) is 0 Å². The maximum atomic E-state index is 5.43. The van der Waals surface area contributed by atoms with Gasteiger partial charge in [-0.2, -0.15) is 0 Å². The first-order chi connectivity index (χ1) is 8.84. The van der Waals surface area contributed by atoms with Gasteiger partial charge in [0.15, 0.2) is 5.82 Å². The van der Waals surface area contributed by atoms with Crippen LogP contribution in [-0.2, 0) is 4.74 Å². The van der Waals surface area contributed by atoms with Crippen LogP contribution in [0.1, 0.15) is 5.56 Å². The number of benzene rings is 1. The Labute approximate surface area is 106 Å². The highest BCUT2D eigenvalue weighted by atomic mass is 16.5. The van der Waals surface area contributed by atoms with E-state index in [1.807, 2.05) is 6.07 Å². The van der Waals surface area contributed by atoms with Crippen molar-refractivity contribution in [1.82, 2.24) is 15.4 Å². The standard InChI is InChI=1S/C13H16N4O/c1-10-2-3-12-11(8-10)13(15-9-14-12)17-5-7-18-6-4-16-17/h2-3,8-9,16H,4-7H2,1H3. The van der Waals surface area contributed by atoms with Crippen molar-refractivity contribution in [3.05, 3.63) is 30.1 Å². The fourth-order valence-corrected chi connectivity index (χ4v) is 2.14. The van der Waals surface area contributed by atoms with Crippen molar-refractivity contribution < 1.29 is 4.74 Å². The Bertz CT molecular complexity index is 550. The fraction of sp³-hybridized carbons (Fsp3) is 0.385. The van der Waals surface area contributed by atoms with Crippen molar-refractivity contribution in [1.29, 1.82) is 0 Å². The molecule has 0 unspecified atom stereocenters. The van der Waals surface area contributed by atoms with Gasteiger partial charge in [0.05, 0.1) is 25.3 Å². The van der Waals surface area contributed by atoms with Gasteiger partial charge in [-0.1, -0.05) is 11.6 Å². The van der Waals surface area contributed by atoms with Crippen LogP contribution < -0.4 is 10.4 Å². The maximum absolute atomic E-state index is 5.43. The van der Waals surface area contributed by atoms with Gasteiger partial charge in [-0.25, -0.2) is 15.4 Å². The molecule has 5 heteroatoms. The molecule has 1 aliphatic rings. The number of aromatic nitrogens is 2. The van der Waals surface area contributed by atoms with Crippen LogP contribution >= 0.6 is 0 Å². The van der Waals surface area contributed by atoms with Crippen molar-refractivity contribution in [3.63, 3.8) is 0 Å². The normalized spacial score (nSPS) is 16.8. The summed E-state index contributed by atoms with van der Waals surface area (Å²) in [6.45, 7) is 5.12. The number of aryl methyl sites for hydroxylation is 1. The molecule has 1 saturated heterocycles. The zero-order valence-corrected chi connectivity index (χ0v) is 10.4. The molecular weight excluding hydrogens is 228 g/mol. The van der Waals surface area contributed by atoms with Crippen molar-refractivity contribution in [2.24, 2.45) is 0 Å². The molecule has 0 aliphatic carbocycles. The summed E-state index contributed by atoms with van der Waals surface area (Å²) in [5.41, 5.74) is 5.51.